The molecular formula is C24H38N2O6S2. The van der Waals surface area contributed by atoms with Crippen molar-refractivity contribution in [3.8, 4) is 0 Å². The van der Waals surface area contributed by atoms with Crippen molar-refractivity contribution >= 4 is 31.5 Å². The molecule has 0 unspecified atom stereocenters. The zero-order valence-electron chi connectivity index (χ0n) is 20.5. The topological polar surface area (TPSA) is 133 Å². The molecule has 0 saturated heterocycles. The summed E-state index contributed by atoms with van der Waals surface area (Å²) in [6, 6.07) is 6.29. The molecular weight excluding hydrogens is 476 g/mol. The van der Waals surface area contributed by atoms with Crippen LogP contribution >= 0.6 is 0 Å². The number of hydrogen-bond donors (Lipinski definition) is 4. The SMILES string of the molecule is CC1=C(NCCCCS(=O)(=O)O)C(C)(C)CC(c2ccc(NCCCCS(=O)(=O)O)c(C)c2)=C1. The second-order valence-electron chi connectivity index (χ2n) is 9.66. The number of benzene rings is 1. The highest BCUT2D eigenvalue weighted by Crippen LogP contribution is 2.42. The number of aryl methyl sites for hydroxylation is 1. The molecule has 0 aromatic heterocycles. The molecule has 1 aromatic rings. The van der Waals surface area contributed by atoms with Crippen LogP contribution in [-0.4, -0.2) is 50.5 Å². The van der Waals surface area contributed by atoms with Gasteiger partial charge in [-0.2, -0.15) is 16.8 Å². The molecule has 4 N–H and O–H groups in total. The van der Waals surface area contributed by atoms with Crippen LogP contribution in [0.2, 0.25) is 0 Å². The van der Waals surface area contributed by atoms with Gasteiger partial charge in [-0.1, -0.05) is 26.0 Å². The number of hydrogen-bond acceptors (Lipinski definition) is 6. The minimum atomic E-state index is -3.91. The van der Waals surface area contributed by atoms with Gasteiger partial charge in [0.2, 0.25) is 0 Å². The molecule has 192 valence electrons. The fraction of sp³-hybridized carbons (Fsp3) is 0.583. The van der Waals surface area contributed by atoms with E-state index in [1.165, 1.54) is 5.57 Å². The molecule has 0 amide bonds. The third kappa shape index (κ3) is 9.40. The largest absolute Gasteiger partial charge is 0.388 e. The first-order chi connectivity index (χ1) is 15.7. The van der Waals surface area contributed by atoms with Gasteiger partial charge in [-0.25, -0.2) is 0 Å². The smallest absolute Gasteiger partial charge is 0.264 e. The quantitative estimate of drug-likeness (QED) is 0.225. The molecule has 0 spiro atoms. The molecule has 34 heavy (non-hydrogen) atoms. The van der Waals surface area contributed by atoms with Gasteiger partial charge in [0.15, 0.2) is 0 Å². The predicted octanol–water partition coefficient (Wildman–Crippen LogP) is 4.42. The van der Waals surface area contributed by atoms with Gasteiger partial charge < -0.3 is 10.6 Å². The van der Waals surface area contributed by atoms with Crippen molar-refractivity contribution in [1.82, 2.24) is 5.32 Å². The number of allylic oxidation sites excluding steroid dienone is 4. The van der Waals surface area contributed by atoms with Gasteiger partial charge >= 0.3 is 0 Å². The van der Waals surface area contributed by atoms with Crippen molar-refractivity contribution in [3.63, 3.8) is 0 Å². The number of nitrogens with one attached hydrogen (secondary N) is 2. The highest BCUT2D eigenvalue weighted by Gasteiger charge is 2.30. The molecule has 0 radical (unpaired) electrons. The van der Waals surface area contributed by atoms with E-state index in [-0.39, 0.29) is 16.9 Å². The van der Waals surface area contributed by atoms with Gasteiger partial charge in [-0.05, 0) is 80.4 Å². The highest BCUT2D eigenvalue weighted by molar-refractivity contribution is 7.86. The normalized spacial score (nSPS) is 16.4. The lowest BCUT2D eigenvalue weighted by molar-refractivity contribution is 0.412. The minimum Gasteiger partial charge on any atom is -0.388 e. The second kappa shape index (κ2) is 11.7. The Kier molecular flexibility index (Phi) is 9.76. The molecule has 0 bridgehead atoms. The summed E-state index contributed by atoms with van der Waals surface area (Å²) >= 11 is 0. The van der Waals surface area contributed by atoms with Crippen LogP contribution in [0.3, 0.4) is 0 Å². The van der Waals surface area contributed by atoms with Crippen molar-refractivity contribution < 1.29 is 25.9 Å². The van der Waals surface area contributed by atoms with Crippen molar-refractivity contribution in [2.75, 3.05) is 29.9 Å². The van der Waals surface area contributed by atoms with Gasteiger partial charge in [0.25, 0.3) is 20.2 Å². The summed E-state index contributed by atoms with van der Waals surface area (Å²) in [4.78, 5) is 0. The molecule has 2 rings (SSSR count). The third-order valence-corrected chi connectivity index (χ3v) is 7.58. The maximum Gasteiger partial charge on any atom is 0.264 e. The summed E-state index contributed by atoms with van der Waals surface area (Å²) < 4.78 is 61.0. The first-order valence-electron chi connectivity index (χ1n) is 11.6. The summed E-state index contributed by atoms with van der Waals surface area (Å²) in [6.45, 7) is 9.79. The summed E-state index contributed by atoms with van der Waals surface area (Å²) in [6.07, 6.45) is 5.19. The molecule has 0 saturated carbocycles. The van der Waals surface area contributed by atoms with Crippen LogP contribution in [0, 0.1) is 12.3 Å². The Balaban J connectivity index is 2.01. The molecule has 10 heteroatoms. The fourth-order valence-corrected chi connectivity index (χ4v) is 5.50. The van der Waals surface area contributed by atoms with E-state index in [1.54, 1.807) is 0 Å². The lowest BCUT2D eigenvalue weighted by Gasteiger charge is -2.35. The molecule has 8 nitrogen and oxygen atoms in total. The first kappa shape index (κ1) is 28.4. The summed E-state index contributed by atoms with van der Waals surface area (Å²) in [5, 5.41) is 6.81. The van der Waals surface area contributed by atoms with E-state index in [1.807, 2.05) is 13.0 Å². The zero-order chi connectivity index (χ0) is 25.6. The lowest BCUT2D eigenvalue weighted by Crippen LogP contribution is -2.31. The Morgan fingerprint density at radius 1 is 0.882 bits per heavy atom. The summed E-state index contributed by atoms with van der Waals surface area (Å²) in [5.74, 6) is -0.431. The Hall–Kier alpha value is -1.88. The van der Waals surface area contributed by atoms with E-state index < -0.39 is 20.2 Å². The molecule has 0 atom stereocenters. The van der Waals surface area contributed by atoms with Crippen LogP contribution in [0.1, 0.15) is 64.0 Å². The Bertz CT molecular complexity index is 1140. The fourth-order valence-electron chi connectivity index (χ4n) is 4.36. The molecule has 0 fully saturated rings. The summed E-state index contributed by atoms with van der Waals surface area (Å²) in [7, 11) is -7.81. The Labute approximate surface area is 204 Å². The average Bonchev–Trinajstić information content (AvgIpc) is 2.68. The maximum absolute atomic E-state index is 10.9. The minimum absolute atomic E-state index is 0.102. The van der Waals surface area contributed by atoms with E-state index in [0.29, 0.717) is 38.8 Å². The summed E-state index contributed by atoms with van der Waals surface area (Å²) in [5.41, 5.74) is 6.73. The zero-order valence-corrected chi connectivity index (χ0v) is 22.2. The lowest BCUT2D eigenvalue weighted by atomic mass is 9.74. The predicted molar refractivity (Wildman–Crippen MR) is 138 cm³/mol. The molecule has 1 aliphatic carbocycles. The van der Waals surface area contributed by atoms with E-state index in [9.17, 15) is 16.8 Å². The maximum atomic E-state index is 10.9. The van der Waals surface area contributed by atoms with Crippen LogP contribution in [0.15, 0.2) is 35.5 Å². The van der Waals surface area contributed by atoms with E-state index >= 15 is 0 Å². The van der Waals surface area contributed by atoms with Crippen LogP contribution < -0.4 is 10.6 Å². The van der Waals surface area contributed by atoms with Crippen molar-refractivity contribution in [3.05, 3.63) is 46.7 Å². The molecule has 1 aliphatic rings. The standard InChI is InChI=1S/C24H38N2O6S2/c1-18-15-20(9-10-22(18)25-11-5-7-13-33(27,28)29)21-16-19(2)23(24(3,4)17-21)26-12-6-8-14-34(30,31)32/h9-10,15-16,25-26H,5-8,11-14,17H2,1-4H3,(H,27,28,29)(H,30,31,32). The molecule has 0 aliphatic heterocycles. The highest BCUT2D eigenvalue weighted by atomic mass is 32.2. The molecule has 1 aromatic carbocycles. The Morgan fingerprint density at radius 2 is 1.44 bits per heavy atom. The van der Waals surface area contributed by atoms with Gasteiger partial charge in [0.1, 0.15) is 0 Å². The van der Waals surface area contributed by atoms with Gasteiger partial charge in [-0.3, -0.25) is 9.11 Å². The van der Waals surface area contributed by atoms with Crippen LogP contribution in [0.25, 0.3) is 5.57 Å². The Morgan fingerprint density at radius 3 is 1.94 bits per heavy atom. The van der Waals surface area contributed by atoms with Gasteiger partial charge in [0, 0.05) is 29.9 Å². The second-order valence-corrected chi connectivity index (χ2v) is 12.8. The van der Waals surface area contributed by atoms with E-state index in [0.717, 1.165) is 34.5 Å². The average molecular weight is 515 g/mol. The van der Waals surface area contributed by atoms with E-state index in [2.05, 4.69) is 49.6 Å². The number of rotatable bonds is 13. The monoisotopic (exact) mass is 514 g/mol. The molecule has 0 heterocycles. The van der Waals surface area contributed by atoms with Crippen LogP contribution in [-0.2, 0) is 20.2 Å². The van der Waals surface area contributed by atoms with Crippen LogP contribution in [0.4, 0.5) is 5.69 Å². The van der Waals surface area contributed by atoms with Crippen molar-refractivity contribution in [1.29, 1.82) is 0 Å². The first-order valence-corrected chi connectivity index (χ1v) is 14.8. The van der Waals surface area contributed by atoms with E-state index in [4.69, 9.17) is 9.11 Å². The number of anilines is 1. The van der Waals surface area contributed by atoms with Crippen LogP contribution in [0.5, 0.6) is 0 Å². The van der Waals surface area contributed by atoms with Gasteiger partial charge in [-0.15, -0.1) is 0 Å². The third-order valence-electron chi connectivity index (χ3n) is 5.97. The number of unbranched alkanes of at least 4 members (excludes halogenated alkanes) is 2. The van der Waals surface area contributed by atoms with Crippen molar-refractivity contribution in [2.45, 2.75) is 59.8 Å². The van der Waals surface area contributed by atoms with Gasteiger partial charge in [0.05, 0.1) is 11.5 Å². The van der Waals surface area contributed by atoms with Crippen molar-refractivity contribution in [2.24, 2.45) is 5.41 Å².